The van der Waals surface area contributed by atoms with Gasteiger partial charge in [0.1, 0.15) is 31.4 Å². The van der Waals surface area contributed by atoms with Crippen LogP contribution in [-0.4, -0.2) is 104 Å². The number of aromatic nitrogens is 2. The second-order valence-electron chi connectivity index (χ2n) is 8.47. The Balaban J connectivity index is 2.12. The first kappa shape index (κ1) is 38.4. The summed E-state index contributed by atoms with van der Waals surface area (Å²) in [5.41, 5.74) is -3.87. The van der Waals surface area contributed by atoms with E-state index in [-0.39, 0.29) is 19.2 Å². The van der Waals surface area contributed by atoms with E-state index in [1.807, 2.05) is 4.98 Å². The monoisotopic (exact) mass is 729 g/mol. The largest absolute Gasteiger partial charge is 0.460 e. The number of nitrogens with one attached hydrogen (secondary N) is 1. The number of hydrogen-bond acceptors (Lipinski definition) is 14. The summed E-state index contributed by atoms with van der Waals surface area (Å²) in [6.07, 6.45) is -5.83. The molecule has 0 spiro atoms. The van der Waals surface area contributed by atoms with Gasteiger partial charge in [0.2, 0.25) is 0 Å². The lowest BCUT2D eigenvalue weighted by atomic mass is 10.0. The van der Waals surface area contributed by atoms with E-state index in [1.54, 1.807) is 0 Å². The zero-order valence-corrected chi connectivity index (χ0v) is 27.4. The number of carbonyl (C=O) groups excluding carboxylic acids is 1. The SMILES string of the molecule is [C-]#[N+]C(COCSSCCCO)(COP(O)(=S)OC[C@H]1O[C@@H](n2ccc(=O)[nH]c2=O)[C@@H](F)C1OP(O)(O)=S)C(=O)OCC. The van der Waals surface area contributed by atoms with Gasteiger partial charge in [-0.1, -0.05) is 21.6 Å². The van der Waals surface area contributed by atoms with Gasteiger partial charge < -0.3 is 38.5 Å². The molecule has 0 amide bonds. The molecule has 0 bridgehead atoms. The number of hydrogen-bond donors (Lipinski definition) is 5. The molecule has 1 aromatic heterocycles. The van der Waals surface area contributed by atoms with Crippen molar-refractivity contribution in [1.82, 2.24) is 9.55 Å². The highest BCUT2D eigenvalue weighted by Gasteiger charge is 2.51. The van der Waals surface area contributed by atoms with Gasteiger partial charge in [-0.15, -0.1) is 0 Å². The number of rotatable bonds is 19. The zero-order chi connectivity index (χ0) is 32.3. The lowest BCUT2D eigenvalue weighted by Crippen LogP contribution is -2.45. The van der Waals surface area contributed by atoms with Crippen LogP contribution < -0.4 is 11.2 Å². The number of ether oxygens (including phenoxy) is 3. The fourth-order valence-electron chi connectivity index (χ4n) is 3.35. The first-order valence-corrected chi connectivity index (χ1v) is 19.8. The van der Waals surface area contributed by atoms with Crippen LogP contribution >= 0.6 is 35.0 Å². The van der Waals surface area contributed by atoms with Crippen LogP contribution in [0.2, 0.25) is 0 Å². The summed E-state index contributed by atoms with van der Waals surface area (Å²) >= 11 is 9.41. The molecule has 3 unspecified atom stereocenters. The molecule has 1 aromatic rings. The summed E-state index contributed by atoms with van der Waals surface area (Å²) in [7, 11) is 2.69. The molecule has 6 atom stereocenters. The van der Waals surface area contributed by atoms with Gasteiger partial charge in [0.05, 0.1) is 13.2 Å². The smallest absolute Gasteiger partial charge is 0.398 e. The molecule has 0 radical (unpaired) electrons. The molecular formula is C20H30FN3O13P2S4. The third-order valence-electron chi connectivity index (χ3n) is 5.33. The Morgan fingerprint density at radius 2 is 2.00 bits per heavy atom. The first-order valence-electron chi connectivity index (χ1n) is 12.1. The predicted molar refractivity (Wildman–Crippen MR) is 161 cm³/mol. The molecular weight excluding hydrogens is 699 g/mol. The van der Waals surface area contributed by atoms with Crippen LogP contribution in [-0.2, 0) is 56.2 Å². The molecule has 1 aliphatic heterocycles. The molecule has 16 nitrogen and oxygen atoms in total. The van der Waals surface area contributed by atoms with Crippen molar-refractivity contribution in [3.05, 3.63) is 44.5 Å². The minimum atomic E-state index is -4.48. The maximum atomic E-state index is 15.3. The third-order valence-corrected chi connectivity index (χ3v) is 9.84. The maximum Gasteiger partial charge on any atom is 0.398 e. The fraction of sp³-hybridized carbons (Fsp3) is 0.700. The van der Waals surface area contributed by atoms with E-state index >= 15 is 4.39 Å². The minimum Gasteiger partial charge on any atom is -0.460 e. The minimum absolute atomic E-state index is 0.0359. The number of esters is 1. The van der Waals surface area contributed by atoms with Crippen LogP contribution in [0.4, 0.5) is 4.39 Å². The number of alkyl halides is 1. The van der Waals surface area contributed by atoms with Crippen LogP contribution in [0.3, 0.4) is 0 Å². The number of carbonyl (C=O) groups is 1. The highest BCUT2D eigenvalue weighted by molar-refractivity contribution is 8.76. The highest BCUT2D eigenvalue weighted by atomic mass is 33.1. The van der Waals surface area contributed by atoms with Gasteiger partial charge >= 0.3 is 30.6 Å². The lowest BCUT2D eigenvalue weighted by molar-refractivity contribution is -0.151. The molecule has 43 heavy (non-hydrogen) atoms. The summed E-state index contributed by atoms with van der Waals surface area (Å²) in [6.45, 7) is -1.78. The molecule has 0 aliphatic carbocycles. The van der Waals surface area contributed by atoms with E-state index in [9.17, 15) is 29.1 Å². The van der Waals surface area contributed by atoms with Crippen molar-refractivity contribution in [2.75, 3.05) is 44.7 Å². The number of aliphatic hydroxyl groups is 1. The van der Waals surface area contributed by atoms with Crippen molar-refractivity contribution in [1.29, 1.82) is 0 Å². The quantitative estimate of drug-likeness (QED) is 0.0329. The number of H-pyrrole nitrogens is 1. The Hall–Kier alpha value is -0.790. The molecule has 0 saturated carbocycles. The lowest BCUT2D eigenvalue weighted by Gasteiger charge is -2.25. The van der Waals surface area contributed by atoms with E-state index in [0.717, 1.165) is 12.3 Å². The molecule has 1 saturated heterocycles. The molecule has 1 aliphatic rings. The second kappa shape index (κ2) is 17.8. The van der Waals surface area contributed by atoms with Gasteiger partial charge in [-0.05, 0) is 37.0 Å². The normalized spacial score (nSPS) is 23.3. The van der Waals surface area contributed by atoms with Crippen molar-refractivity contribution >= 4 is 64.6 Å². The summed E-state index contributed by atoms with van der Waals surface area (Å²) in [5, 5.41) is 8.83. The van der Waals surface area contributed by atoms with Crippen molar-refractivity contribution in [2.45, 2.75) is 43.5 Å². The van der Waals surface area contributed by atoms with Crippen LogP contribution in [0.25, 0.3) is 4.85 Å². The van der Waals surface area contributed by atoms with Gasteiger partial charge in [0.25, 0.3) is 5.56 Å². The summed E-state index contributed by atoms with van der Waals surface area (Å²) in [5.74, 6) is -0.279. The molecule has 1 fully saturated rings. The maximum absolute atomic E-state index is 15.3. The Kier molecular flexibility index (Phi) is 15.9. The number of nitrogens with zero attached hydrogens (tertiary/aromatic N) is 2. The zero-order valence-electron chi connectivity index (χ0n) is 22.4. The Morgan fingerprint density at radius 1 is 1.28 bits per heavy atom. The van der Waals surface area contributed by atoms with Gasteiger partial charge in [-0.3, -0.25) is 28.2 Å². The summed E-state index contributed by atoms with van der Waals surface area (Å²) in [6, 6.07) is 0.923. The van der Waals surface area contributed by atoms with Crippen LogP contribution in [0.5, 0.6) is 0 Å². The predicted octanol–water partition coefficient (Wildman–Crippen LogP) is 0.575. The van der Waals surface area contributed by atoms with E-state index in [0.29, 0.717) is 16.7 Å². The molecule has 5 N–H and O–H groups in total. The topological polar surface area (TPSA) is 213 Å². The fourth-order valence-corrected chi connectivity index (χ4v) is 7.05. The number of aromatic amines is 1. The second-order valence-corrected chi connectivity index (χ2v) is 16.5. The van der Waals surface area contributed by atoms with Gasteiger partial charge in [0.15, 0.2) is 12.4 Å². The summed E-state index contributed by atoms with van der Waals surface area (Å²) < 4.78 is 47.3. The van der Waals surface area contributed by atoms with E-state index in [4.69, 9.17) is 51.3 Å². The van der Waals surface area contributed by atoms with E-state index < -0.39 is 80.6 Å². The van der Waals surface area contributed by atoms with Gasteiger partial charge in [-0.25, -0.2) is 20.6 Å². The van der Waals surface area contributed by atoms with E-state index in [2.05, 4.69) is 16.7 Å². The summed E-state index contributed by atoms with van der Waals surface area (Å²) in [4.78, 5) is 71.3. The Labute approximate surface area is 262 Å². The molecule has 2 rings (SSSR count). The van der Waals surface area contributed by atoms with Crippen molar-refractivity contribution in [2.24, 2.45) is 0 Å². The molecule has 244 valence electrons. The van der Waals surface area contributed by atoms with Crippen LogP contribution in [0, 0.1) is 6.57 Å². The van der Waals surface area contributed by atoms with Crippen LogP contribution in [0.15, 0.2) is 21.9 Å². The molecule has 0 aromatic carbocycles. The Morgan fingerprint density at radius 3 is 2.60 bits per heavy atom. The standard InChI is InChI=1S/C20H30FN3O13P2S4/c1-3-33-18(27)20(22-2,10-32-12-43-42-8-4-7-25)11-35-39(31,41)34-9-13-16(37-38(29,30)40)15(21)17(36-13)24-6-5-14(26)23-19(24)28/h5-6,13,15-17,25H,3-4,7-12H2,1H3,(H,31,41)(H,23,26,28)(H2,29,30,40)/t13-,15+,16?,17-,20?,39?/m1/s1. The van der Waals surface area contributed by atoms with Crippen molar-refractivity contribution in [3.63, 3.8) is 0 Å². The van der Waals surface area contributed by atoms with Crippen LogP contribution in [0.1, 0.15) is 19.6 Å². The third kappa shape index (κ3) is 12.2. The average molecular weight is 730 g/mol. The van der Waals surface area contributed by atoms with E-state index in [1.165, 1.54) is 28.5 Å². The number of halogens is 1. The average Bonchev–Trinajstić information content (AvgIpc) is 3.22. The molecule has 2 heterocycles. The Bertz CT molecular complexity index is 1330. The highest BCUT2D eigenvalue weighted by Crippen LogP contribution is 2.48. The van der Waals surface area contributed by atoms with Crippen molar-refractivity contribution < 1.29 is 56.8 Å². The van der Waals surface area contributed by atoms with Crippen molar-refractivity contribution in [3.8, 4) is 0 Å². The van der Waals surface area contributed by atoms with Gasteiger partial charge in [-0.2, -0.15) is 0 Å². The van der Waals surface area contributed by atoms with Gasteiger partial charge in [0, 0.05) is 24.6 Å². The molecule has 23 heteroatoms. The first-order chi connectivity index (χ1) is 20.2. The number of aliphatic hydroxyl groups excluding tert-OH is 1.